The lowest BCUT2D eigenvalue weighted by Crippen LogP contribution is -2.37. The fraction of sp³-hybridized carbons (Fsp3) is 0.391. The Morgan fingerprint density at radius 2 is 2.08 bits per heavy atom. The first-order valence-corrected chi connectivity index (χ1v) is 13.8. The summed E-state index contributed by atoms with van der Waals surface area (Å²) >= 11 is 6.55. The molecule has 37 heavy (non-hydrogen) atoms. The van der Waals surface area contributed by atoms with Gasteiger partial charge in [0.05, 0.1) is 41.2 Å². The van der Waals surface area contributed by atoms with Gasteiger partial charge in [-0.1, -0.05) is 18.0 Å². The van der Waals surface area contributed by atoms with Crippen molar-refractivity contribution in [3.8, 4) is 22.6 Å². The molecule has 2 aromatic heterocycles. The number of amides is 1. The van der Waals surface area contributed by atoms with Crippen molar-refractivity contribution in [1.82, 2.24) is 25.3 Å². The van der Waals surface area contributed by atoms with Crippen LogP contribution in [0.2, 0.25) is 5.02 Å². The van der Waals surface area contributed by atoms with Gasteiger partial charge in [0.25, 0.3) is 0 Å². The van der Waals surface area contributed by atoms with Gasteiger partial charge in [-0.25, -0.2) is 32.6 Å². The Balaban J connectivity index is 1.72. The largest absolute Gasteiger partial charge is 0.453 e. The Bertz CT molecular complexity index is 1410. The van der Waals surface area contributed by atoms with Crippen molar-refractivity contribution in [2.24, 2.45) is 0 Å². The number of hydrogen-bond acceptors (Lipinski definition) is 8. The summed E-state index contributed by atoms with van der Waals surface area (Å²) in [6.07, 6.45) is 4.97. The van der Waals surface area contributed by atoms with Gasteiger partial charge in [0.1, 0.15) is 11.6 Å². The number of methoxy groups -OCH3 is 1. The quantitative estimate of drug-likeness (QED) is 0.310. The highest BCUT2D eigenvalue weighted by atomic mass is 35.5. The predicted octanol–water partition coefficient (Wildman–Crippen LogP) is 4.12. The number of nitrogens with one attached hydrogen (secondary N) is 4. The van der Waals surface area contributed by atoms with Gasteiger partial charge in [0.15, 0.2) is 0 Å². The second-order valence-corrected chi connectivity index (χ2v) is 11.0. The average Bonchev–Trinajstić information content (AvgIpc) is 3.22. The molecule has 1 atom stereocenters. The number of benzene rings is 1. The van der Waals surface area contributed by atoms with E-state index in [4.69, 9.17) is 16.6 Å². The molecule has 11 nitrogen and oxygen atoms in total. The monoisotopic (exact) mass is 551 g/mol. The maximum absolute atomic E-state index is 14.6. The molecular formula is C23H27ClFN7O4S. The molecule has 1 unspecified atom stereocenters. The van der Waals surface area contributed by atoms with Crippen molar-refractivity contribution in [2.45, 2.75) is 38.1 Å². The summed E-state index contributed by atoms with van der Waals surface area (Å²) in [4.78, 5) is 28.3. The number of halogens is 2. The molecule has 1 aliphatic rings. The molecule has 1 saturated carbocycles. The first kappa shape index (κ1) is 26.6. The number of H-pyrrole nitrogens is 1. The van der Waals surface area contributed by atoms with Gasteiger partial charge in [-0.05, 0) is 38.0 Å². The van der Waals surface area contributed by atoms with Crippen LogP contribution in [0.4, 0.5) is 20.8 Å². The second-order valence-electron chi connectivity index (χ2n) is 8.85. The van der Waals surface area contributed by atoms with E-state index in [1.165, 1.54) is 13.2 Å². The average molecular weight is 552 g/mol. The zero-order chi connectivity index (χ0) is 26.7. The second kappa shape index (κ2) is 10.9. The van der Waals surface area contributed by atoms with Gasteiger partial charge in [-0.2, -0.15) is 0 Å². The number of nitrogens with zero attached hydrogens (tertiary/aromatic N) is 3. The van der Waals surface area contributed by atoms with Crippen LogP contribution in [0.3, 0.4) is 0 Å². The van der Waals surface area contributed by atoms with Crippen LogP contribution in [0.15, 0.2) is 24.4 Å². The molecule has 2 heterocycles. The van der Waals surface area contributed by atoms with Crippen molar-refractivity contribution >= 4 is 39.4 Å². The standard InChI is InChI=1S/C23H27ClFN7O4S/c1-12(28-23(33)36-2)11-27-22-26-8-7-16(29-22)20-19(30-21(31-20)13-5-4-6-13)15-9-14(25)10-17(18(15)24)32-37(3,34)35/h7-10,12-13,32H,4-6,11H2,1-3H3,(H,28,33)(H,30,31)(H,26,27,29). The zero-order valence-electron chi connectivity index (χ0n) is 20.4. The lowest BCUT2D eigenvalue weighted by molar-refractivity contribution is 0.168. The van der Waals surface area contributed by atoms with Gasteiger partial charge in [0.2, 0.25) is 16.0 Å². The Morgan fingerprint density at radius 3 is 2.73 bits per heavy atom. The first-order valence-electron chi connectivity index (χ1n) is 11.5. The number of ether oxygens (including phenoxy) is 1. The van der Waals surface area contributed by atoms with Crippen LogP contribution < -0.4 is 15.4 Å². The third-order valence-corrected chi connectivity index (χ3v) is 6.83. The maximum atomic E-state index is 14.6. The van der Waals surface area contributed by atoms with Gasteiger partial charge < -0.3 is 20.4 Å². The van der Waals surface area contributed by atoms with Crippen LogP contribution >= 0.6 is 11.6 Å². The van der Waals surface area contributed by atoms with Crippen LogP contribution in [0.1, 0.15) is 37.9 Å². The van der Waals surface area contributed by atoms with E-state index in [0.717, 1.165) is 37.4 Å². The van der Waals surface area contributed by atoms with Crippen molar-refractivity contribution in [2.75, 3.05) is 29.9 Å². The molecule has 0 bridgehead atoms. The molecule has 4 rings (SSSR count). The molecular weight excluding hydrogens is 525 g/mol. The van der Waals surface area contributed by atoms with Crippen molar-refractivity contribution < 1.29 is 22.3 Å². The Morgan fingerprint density at radius 1 is 1.32 bits per heavy atom. The minimum atomic E-state index is -3.70. The molecule has 0 radical (unpaired) electrons. The summed E-state index contributed by atoms with van der Waals surface area (Å²) < 4.78 is 45.0. The molecule has 3 aromatic rings. The Hall–Kier alpha value is -3.45. The maximum Gasteiger partial charge on any atom is 0.407 e. The number of sulfonamides is 1. The molecule has 1 aromatic carbocycles. The van der Waals surface area contributed by atoms with Crippen LogP contribution in [0.5, 0.6) is 0 Å². The summed E-state index contributed by atoms with van der Waals surface area (Å²) in [5, 5.41) is 5.71. The highest BCUT2D eigenvalue weighted by molar-refractivity contribution is 7.92. The van der Waals surface area contributed by atoms with E-state index in [2.05, 4.69) is 35.0 Å². The Labute approximate surface area is 218 Å². The number of imidazole rings is 1. The summed E-state index contributed by atoms with van der Waals surface area (Å²) in [5.41, 5.74) is 1.43. The number of carbonyl (C=O) groups is 1. The van der Waals surface area contributed by atoms with Gasteiger partial charge in [0, 0.05) is 30.3 Å². The fourth-order valence-electron chi connectivity index (χ4n) is 3.82. The lowest BCUT2D eigenvalue weighted by Gasteiger charge is -2.22. The first-order chi connectivity index (χ1) is 17.5. The normalized spacial score (nSPS) is 14.5. The summed E-state index contributed by atoms with van der Waals surface area (Å²) in [6.45, 7) is 2.12. The highest BCUT2D eigenvalue weighted by Gasteiger charge is 2.27. The highest BCUT2D eigenvalue weighted by Crippen LogP contribution is 2.42. The number of alkyl carbamates (subject to hydrolysis) is 1. The van der Waals surface area contributed by atoms with E-state index in [0.29, 0.717) is 29.6 Å². The number of anilines is 2. The molecule has 1 amide bonds. The molecule has 198 valence electrons. The number of aromatic amines is 1. The van der Waals surface area contributed by atoms with Crippen LogP contribution in [0, 0.1) is 5.82 Å². The Kier molecular flexibility index (Phi) is 7.83. The van der Waals surface area contributed by atoms with Crippen molar-refractivity contribution in [3.05, 3.63) is 41.1 Å². The van der Waals surface area contributed by atoms with E-state index in [1.54, 1.807) is 19.2 Å². The van der Waals surface area contributed by atoms with Crippen molar-refractivity contribution in [3.63, 3.8) is 0 Å². The molecule has 0 saturated heterocycles. The molecule has 1 aliphatic carbocycles. The van der Waals surface area contributed by atoms with Gasteiger partial charge in [-0.15, -0.1) is 0 Å². The minimum Gasteiger partial charge on any atom is -0.453 e. The topological polar surface area (TPSA) is 151 Å². The lowest BCUT2D eigenvalue weighted by atomic mass is 9.85. The van der Waals surface area contributed by atoms with Crippen LogP contribution in [0.25, 0.3) is 22.6 Å². The van der Waals surface area contributed by atoms with E-state index >= 15 is 0 Å². The predicted molar refractivity (Wildman–Crippen MR) is 139 cm³/mol. The van der Waals surface area contributed by atoms with E-state index in [1.807, 2.05) is 0 Å². The third-order valence-electron chi connectivity index (χ3n) is 5.83. The van der Waals surface area contributed by atoms with Crippen LogP contribution in [-0.4, -0.2) is 60.4 Å². The SMILES string of the molecule is COC(=O)NC(C)CNc1nccc(-c2[nH]c(C3CCC3)nc2-c2cc(F)cc(NS(C)(=O)=O)c2Cl)n1. The van der Waals surface area contributed by atoms with Crippen molar-refractivity contribution in [1.29, 1.82) is 0 Å². The van der Waals surface area contributed by atoms with E-state index in [-0.39, 0.29) is 28.2 Å². The minimum absolute atomic E-state index is 0.00912. The zero-order valence-corrected chi connectivity index (χ0v) is 22.0. The molecule has 0 aliphatic heterocycles. The van der Waals surface area contributed by atoms with E-state index < -0.39 is 21.9 Å². The smallest absolute Gasteiger partial charge is 0.407 e. The molecule has 14 heteroatoms. The third kappa shape index (κ3) is 6.46. The molecule has 1 fully saturated rings. The molecule has 0 spiro atoms. The summed E-state index contributed by atoms with van der Waals surface area (Å²) in [7, 11) is -2.42. The fourth-order valence-corrected chi connectivity index (χ4v) is 4.68. The van der Waals surface area contributed by atoms with Crippen LogP contribution in [-0.2, 0) is 14.8 Å². The van der Waals surface area contributed by atoms with E-state index in [9.17, 15) is 17.6 Å². The number of hydrogen-bond donors (Lipinski definition) is 4. The molecule has 4 N–H and O–H groups in total. The van der Waals surface area contributed by atoms with Gasteiger partial charge in [-0.3, -0.25) is 4.72 Å². The van der Waals surface area contributed by atoms with Gasteiger partial charge >= 0.3 is 6.09 Å². The number of carbonyl (C=O) groups excluding carboxylic acids is 1. The number of aromatic nitrogens is 4. The summed E-state index contributed by atoms with van der Waals surface area (Å²) in [5.74, 6) is 0.560. The number of rotatable bonds is 9. The summed E-state index contributed by atoms with van der Waals surface area (Å²) in [6, 6.07) is 3.63.